The molecule has 1 unspecified atom stereocenters. The number of fused-ring (bicyclic) bond motifs is 1. The first kappa shape index (κ1) is 10.8. The van der Waals surface area contributed by atoms with Crippen LogP contribution in [0.4, 0.5) is 0 Å². The van der Waals surface area contributed by atoms with Gasteiger partial charge in [-0.05, 0) is 29.3 Å². The van der Waals surface area contributed by atoms with Crippen molar-refractivity contribution >= 4 is 11.6 Å². The second-order valence-electron chi connectivity index (χ2n) is 4.23. The molecule has 0 amide bonds. The summed E-state index contributed by atoms with van der Waals surface area (Å²) in [7, 11) is 0. The number of halogens is 1. The quantitative estimate of drug-likeness (QED) is 0.834. The van der Waals surface area contributed by atoms with Crippen LogP contribution in [0.25, 0.3) is 0 Å². The molecular formula is C14H13ClN2. The summed E-state index contributed by atoms with van der Waals surface area (Å²) in [6.07, 6.45) is 2.86. The van der Waals surface area contributed by atoms with Crippen molar-refractivity contribution in [2.45, 2.75) is 12.5 Å². The molecule has 0 fully saturated rings. The van der Waals surface area contributed by atoms with Crippen molar-refractivity contribution in [3.63, 3.8) is 0 Å². The van der Waals surface area contributed by atoms with E-state index in [0.29, 0.717) is 0 Å². The Balaban J connectivity index is 2.03. The van der Waals surface area contributed by atoms with E-state index in [2.05, 4.69) is 28.5 Å². The van der Waals surface area contributed by atoms with Crippen LogP contribution in [0.2, 0.25) is 5.02 Å². The average Bonchev–Trinajstić information content (AvgIpc) is 2.39. The van der Waals surface area contributed by atoms with Gasteiger partial charge >= 0.3 is 0 Å². The van der Waals surface area contributed by atoms with Crippen molar-refractivity contribution in [2.75, 3.05) is 6.54 Å². The molecule has 0 radical (unpaired) electrons. The number of benzene rings is 1. The normalized spacial score (nSPS) is 18.8. The van der Waals surface area contributed by atoms with Crippen molar-refractivity contribution in [3.8, 4) is 0 Å². The Morgan fingerprint density at radius 3 is 2.82 bits per heavy atom. The van der Waals surface area contributed by atoms with E-state index < -0.39 is 0 Å². The molecule has 1 aromatic carbocycles. The number of hydrogen-bond acceptors (Lipinski definition) is 2. The standard InChI is InChI=1S/C14H13ClN2/c15-11-5-3-10(4-6-11)14-12-2-1-8-16-13(12)7-9-17-14/h1-6,8,14,17H,7,9H2. The minimum absolute atomic E-state index is 0.240. The van der Waals surface area contributed by atoms with E-state index in [1.807, 2.05) is 24.4 Å². The molecule has 1 N–H and O–H groups in total. The third-order valence-corrected chi connectivity index (χ3v) is 3.40. The zero-order valence-corrected chi connectivity index (χ0v) is 10.1. The van der Waals surface area contributed by atoms with Crippen LogP contribution in [0.15, 0.2) is 42.6 Å². The van der Waals surface area contributed by atoms with Crippen LogP contribution in [0.1, 0.15) is 22.9 Å². The van der Waals surface area contributed by atoms with Crippen LogP contribution >= 0.6 is 11.6 Å². The minimum Gasteiger partial charge on any atom is -0.306 e. The summed E-state index contributed by atoms with van der Waals surface area (Å²) in [5, 5.41) is 4.30. The van der Waals surface area contributed by atoms with E-state index in [0.717, 1.165) is 18.0 Å². The molecule has 0 saturated heterocycles. The van der Waals surface area contributed by atoms with Crippen molar-refractivity contribution in [1.82, 2.24) is 10.3 Å². The highest BCUT2D eigenvalue weighted by atomic mass is 35.5. The van der Waals surface area contributed by atoms with Crippen LogP contribution in [-0.4, -0.2) is 11.5 Å². The van der Waals surface area contributed by atoms with Gasteiger partial charge in [-0.3, -0.25) is 4.98 Å². The van der Waals surface area contributed by atoms with Crippen molar-refractivity contribution in [1.29, 1.82) is 0 Å². The molecule has 3 heteroatoms. The van der Waals surface area contributed by atoms with Crippen molar-refractivity contribution in [3.05, 3.63) is 64.4 Å². The highest BCUT2D eigenvalue weighted by Gasteiger charge is 2.21. The maximum absolute atomic E-state index is 5.92. The molecule has 0 saturated carbocycles. The molecule has 1 aromatic heterocycles. The van der Waals surface area contributed by atoms with Gasteiger partial charge in [0.25, 0.3) is 0 Å². The lowest BCUT2D eigenvalue weighted by molar-refractivity contribution is 0.558. The van der Waals surface area contributed by atoms with Crippen LogP contribution in [0, 0.1) is 0 Å². The van der Waals surface area contributed by atoms with E-state index in [-0.39, 0.29) is 6.04 Å². The topological polar surface area (TPSA) is 24.9 Å². The predicted molar refractivity (Wildman–Crippen MR) is 69.2 cm³/mol. The molecule has 0 spiro atoms. The molecule has 1 aliphatic heterocycles. The Kier molecular flexibility index (Phi) is 2.83. The number of hydrogen-bond donors (Lipinski definition) is 1. The largest absolute Gasteiger partial charge is 0.306 e. The lowest BCUT2D eigenvalue weighted by Gasteiger charge is -2.26. The molecule has 0 aliphatic carbocycles. The fourth-order valence-corrected chi connectivity index (χ4v) is 2.45. The number of nitrogens with one attached hydrogen (secondary N) is 1. The number of aromatic nitrogens is 1. The zero-order chi connectivity index (χ0) is 11.7. The fourth-order valence-electron chi connectivity index (χ4n) is 2.32. The van der Waals surface area contributed by atoms with Gasteiger partial charge in [0.15, 0.2) is 0 Å². The van der Waals surface area contributed by atoms with Gasteiger partial charge in [0.1, 0.15) is 0 Å². The van der Waals surface area contributed by atoms with Gasteiger partial charge in [0, 0.05) is 29.9 Å². The summed E-state index contributed by atoms with van der Waals surface area (Å²) in [6.45, 7) is 0.970. The summed E-state index contributed by atoms with van der Waals surface area (Å²) in [6, 6.07) is 12.4. The number of pyridine rings is 1. The first-order valence-electron chi connectivity index (χ1n) is 5.77. The van der Waals surface area contributed by atoms with Crippen LogP contribution in [-0.2, 0) is 6.42 Å². The molecule has 1 aliphatic rings. The number of rotatable bonds is 1. The van der Waals surface area contributed by atoms with Crippen LogP contribution < -0.4 is 5.32 Å². The van der Waals surface area contributed by atoms with E-state index >= 15 is 0 Å². The molecule has 0 bridgehead atoms. The first-order valence-corrected chi connectivity index (χ1v) is 6.15. The van der Waals surface area contributed by atoms with E-state index in [1.54, 1.807) is 0 Å². The summed E-state index contributed by atoms with van der Waals surface area (Å²) in [5.41, 5.74) is 3.72. The number of nitrogens with zero attached hydrogens (tertiary/aromatic N) is 1. The van der Waals surface area contributed by atoms with Gasteiger partial charge in [0.2, 0.25) is 0 Å². The van der Waals surface area contributed by atoms with Crippen molar-refractivity contribution in [2.24, 2.45) is 0 Å². The zero-order valence-electron chi connectivity index (χ0n) is 9.36. The SMILES string of the molecule is Clc1ccc(C2NCCc3ncccc32)cc1. The third-order valence-electron chi connectivity index (χ3n) is 3.15. The highest BCUT2D eigenvalue weighted by molar-refractivity contribution is 6.30. The van der Waals surface area contributed by atoms with E-state index in [1.165, 1.54) is 16.8 Å². The van der Waals surface area contributed by atoms with Crippen LogP contribution in [0.5, 0.6) is 0 Å². The fraction of sp³-hybridized carbons (Fsp3) is 0.214. The maximum Gasteiger partial charge on any atom is 0.0594 e. The Morgan fingerprint density at radius 1 is 1.18 bits per heavy atom. The summed E-state index contributed by atoms with van der Waals surface area (Å²) < 4.78 is 0. The van der Waals surface area contributed by atoms with Gasteiger partial charge in [-0.25, -0.2) is 0 Å². The minimum atomic E-state index is 0.240. The van der Waals surface area contributed by atoms with Gasteiger partial charge in [-0.1, -0.05) is 29.8 Å². The third kappa shape index (κ3) is 2.06. The lowest BCUT2D eigenvalue weighted by Crippen LogP contribution is -2.31. The Labute approximate surface area is 106 Å². The molecule has 3 rings (SSSR count). The van der Waals surface area contributed by atoms with E-state index in [9.17, 15) is 0 Å². The molecular weight excluding hydrogens is 232 g/mol. The molecule has 1 atom stereocenters. The van der Waals surface area contributed by atoms with Gasteiger partial charge in [-0.15, -0.1) is 0 Å². The lowest BCUT2D eigenvalue weighted by atomic mass is 9.93. The molecule has 17 heavy (non-hydrogen) atoms. The monoisotopic (exact) mass is 244 g/mol. The first-order chi connectivity index (χ1) is 8.34. The van der Waals surface area contributed by atoms with Gasteiger partial charge in [0.05, 0.1) is 6.04 Å². The summed E-state index contributed by atoms with van der Waals surface area (Å²) in [4.78, 5) is 4.45. The molecule has 2 heterocycles. The molecule has 2 aromatic rings. The van der Waals surface area contributed by atoms with Gasteiger partial charge in [-0.2, -0.15) is 0 Å². The predicted octanol–water partition coefficient (Wildman–Crippen LogP) is 2.97. The molecule has 86 valence electrons. The van der Waals surface area contributed by atoms with Crippen LogP contribution in [0.3, 0.4) is 0 Å². The second kappa shape index (κ2) is 4.47. The smallest absolute Gasteiger partial charge is 0.0594 e. The Morgan fingerprint density at radius 2 is 2.00 bits per heavy atom. The Bertz CT molecular complexity index is 522. The van der Waals surface area contributed by atoms with E-state index in [4.69, 9.17) is 11.6 Å². The molecule has 2 nitrogen and oxygen atoms in total. The summed E-state index contributed by atoms with van der Waals surface area (Å²) >= 11 is 5.92. The second-order valence-corrected chi connectivity index (χ2v) is 4.66. The maximum atomic E-state index is 5.92. The Hall–Kier alpha value is -1.38. The average molecular weight is 245 g/mol. The highest BCUT2D eigenvalue weighted by Crippen LogP contribution is 2.27. The van der Waals surface area contributed by atoms with Crippen molar-refractivity contribution < 1.29 is 0 Å². The summed E-state index contributed by atoms with van der Waals surface area (Å²) in [5.74, 6) is 0. The van der Waals surface area contributed by atoms with Gasteiger partial charge < -0.3 is 5.32 Å².